The van der Waals surface area contributed by atoms with E-state index in [0.717, 1.165) is 41.4 Å². The van der Waals surface area contributed by atoms with Crippen LogP contribution < -0.4 is 18.9 Å². The van der Waals surface area contributed by atoms with Gasteiger partial charge in [-0.05, 0) is 59.4 Å². The van der Waals surface area contributed by atoms with Crippen LogP contribution in [-0.2, 0) is 12.8 Å². The number of aryl methyl sites for hydroxylation is 2. The smallest absolute Gasteiger partial charge is 0.161 e. The Kier molecular flexibility index (Phi) is 6.43. The minimum Gasteiger partial charge on any atom is -0.493 e. The molecule has 0 spiro atoms. The third kappa shape index (κ3) is 4.22. The van der Waals surface area contributed by atoms with Crippen molar-refractivity contribution in [2.24, 2.45) is 0 Å². The third-order valence-electron chi connectivity index (χ3n) is 4.84. The first kappa shape index (κ1) is 19.6. The molecule has 0 saturated heterocycles. The maximum Gasteiger partial charge on any atom is 0.161 e. The summed E-state index contributed by atoms with van der Waals surface area (Å²) in [5, 5.41) is 0. The first-order valence-corrected chi connectivity index (χ1v) is 9.21. The van der Waals surface area contributed by atoms with Crippen molar-refractivity contribution in [3.05, 3.63) is 71.8 Å². The number of hydrogen-bond donors (Lipinski definition) is 0. The normalized spacial score (nSPS) is 10.4. The maximum atomic E-state index is 5.46. The molecular formula is C24H26O4. The van der Waals surface area contributed by atoms with E-state index in [-0.39, 0.29) is 0 Å². The molecule has 3 rings (SSSR count). The van der Waals surface area contributed by atoms with E-state index < -0.39 is 0 Å². The monoisotopic (exact) mass is 378 g/mol. The van der Waals surface area contributed by atoms with Crippen LogP contribution in [0, 0.1) is 0 Å². The molecule has 0 saturated carbocycles. The molecule has 0 unspecified atom stereocenters. The summed E-state index contributed by atoms with van der Waals surface area (Å²) in [6.07, 6.45) is 1.82. The van der Waals surface area contributed by atoms with Gasteiger partial charge in [0.05, 0.1) is 28.4 Å². The molecule has 3 aromatic rings. The largest absolute Gasteiger partial charge is 0.493 e. The van der Waals surface area contributed by atoms with E-state index in [4.69, 9.17) is 18.9 Å². The van der Waals surface area contributed by atoms with Crippen LogP contribution in [0.15, 0.2) is 60.7 Å². The summed E-state index contributed by atoms with van der Waals surface area (Å²) in [6.45, 7) is 0. The highest BCUT2D eigenvalue weighted by molar-refractivity contribution is 5.70. The Balaban J connectivity index is 1.85. The van der Waals surface area contributed by atoms with E-state index in [1.165, 1.54) is 16.7 Å². The zero-order chi connectivity index (χ0) is 19.9. The van der Waals surface area contributed by atoms with E-state index in [1.807, 2.05) is 24.3 Å². The van der Waals surface area contributed by atoms with Gasteiger partial charge in [0.1, 0.15) is 0 Å². The molecule has 0 bridgehead atoms. The second kappa shape index (κ2) is 9.18. The lowest BCUT2D eigenvalue weighted by molar-refractivity contribution is 0.354. The van der Waals surface area contributed by atoms with Crippen LogP contribution in [0.25, 0.3) is 11.1 Å². The van der Waals surface area contributed by atoms with Gasteiger partial charge < -0.3 is 18.9 Å². The minimum atomic E-state index is 0.731. The molecule has 3 aromatic carbocycles. The predicted octanol–water partition coefficient (Wildman–Crippen LogP) is 5.17. The fourth-order valence-corrected chi connectivity index (χ4v) is 3.34. The average molecular weight is 378 g/mol. The van der Waals surface area contributed by atoms with Gasteiger partial charge in [-0.15, -0.1) is 0 Å². The highest BCUT2D eigenvalue weighted by Gasteiger charge is 2.10. The van der Waals surface area contributed by atoms with Gasteiger partial charge in [0.15, 0.2) is 23.0 Å². The Morgan fingerprint density at radius 2 is 1.18 bits per heavy atom. The lowest BCUT2D eigenvalue weighted by atomic mass is 9.95. The Morgan fingerprint density at radius 3 is 1.86 bits per heavy atom. The zero-order valence-corrected chi connectivity index (χ0v) is 16.8. The SMILES string of the molecule is COc1ccc(CCc2ccccc2-c2ccc(OC)c(OC)c2)cc1OC. The molecule has 0 atom stereocenters. The van der Waals surface area contributed by atoms with Gasteiger partial charge in [-0.1, -0.05) is 36.4 Å². The Labute approximate surface area is 166 Å². The molecule has 0 aliphatic rings. The number of benzene rings is 3. The van der Waals surface area contributed by atoms with Crippen molar-refractivity contribution in [2.45, 2.75) is 12.8 Å². The van der Waals surface area contributed by atoms with E-state index >= 15 is 0 Å². The van der Waals surface area contributed by atoms with Crippen molar-refractivity contribution < 1.29 is 18.9 Å². The minimum absolute atomic E-state index is 0.731. The molecule has 146 valence electrons. The molecule has 0 N–H and O–H groups in total. The summed E-state index contributed by atoms with van der Waals surface area (Å²) in [5.41, 5.74) is 4.80. The Hall–Kier alpha value is -3.14. The number of hydrogen-bond acceptors (Lipinski definition) is 4. The molecule has 0 aliphatic carbocycles. The summed E-state index contributed by atoms with van der Waals surface area (Å²) >= 11 is 0. The summed E-state index contributed by atoms with van der Waals surface area (Å²) < 4.78 is 21.6. The van der Waals surface area contributed by atoms with Crippen molar-refractivity contribution >= 4 is 0 Å². The number of methoxy groups -OCH3 is 4. The van der Waals surface area contributed by atoms with Crippen LogP contribution >= 0.6 is 0 Å². The number of rotatable bonds is 8. The highest BCUT2D eigenvalue weighted by Crippen LogP contribution is 2.34. The molecule has 0 radical (unpaired) electrons. The Bertz CT molecular complexity index is 934. The molecule has 0 fully saturated rings. The predicted molar refractivity (Wildman–Crippen MR) is 112 cm³/mol. The van der Waals surface area contributed by atoms with Crippen molar-refractivity contribution in [1.29, 1.82) is 0 Å². The summed E-state index contributed by atoms with van der Waals surface area (Å²) in [4.78, 5) is 0. The molecule has 4 heteroatoms. The van der Waals surface area contributed by atoms with Crippen molar-refractivity contribution in [2.75, 3.05) is 28.4 Å². The average Bonchev–Trinajstić information content (AvgIpc) is 2.77. The fourth-order valence-electron chi connectivity index (χ4n) is 3.34. The number of ether oxygens (including phenoxy) is 4. The Morgan fingerprint density at radius 1 is 0.571 bits per heavy atom. The lowest BCUT2D eigenvalue weighted by Gasteiger charge is -2.14. The van der Waals surface area contributed by atoms with Gasteiger partial charge in [-0.3, -0.25) is 0 Å². The molecule has 0 aliphatic heterocycles. The van der Waals surface area contributed by atoms with Crippen molar-refractivity contribution in [3.63, 3.8) is 0 Å². The van der Waals surface area contributed by atoms with Gasteiger partial charge in [0.25, 0.3) is 0 Å². The van der Waals surface area contributed by atoms with Crippen LogP contribution in [0.1, 0.15) is 11.1 Å². The van der Waals surface area contributed by atoms with Crippen LogP contribution in [0.5, 0.6) is 23.0 Å². The van der Waals surface area contributed by atoms with Crippen LogP contribution in [-0.4, -0.2) is 28.4 Å². The molecule has 0 heterocycles. The topological polar surface area (TPSA) is 36.9 Å². The van der Waals surface area contributed by atoms with Gasteiger partial charge >= 0.3 is 0 Å². The molecule has 4 nitrogen and oxygen atoms in total. The van der Waals surface area contributed by atoms with E-state index in [9.17, 15) is 0 Å². The van der Waals surface area contributed by atoms with E-state index in [2.05, 4.69) is 36.4 Å². The third-order valence-corrected chi connectivity index (χ3v) is 4.84. The molecule has 0 amide bonds. The van der Waals surface area contributed by atoms with E-state index in [0.29, 0.717) is 0 Å². The lowest BCUT2D eigenvalue weighted by Crippen LogP contribution is -1.97. The fraction of sp³-hybridized carbons (Fsp3) is 0.250. The van der Waals surface area contributed by atoms with Crippen LogP contribution in [0.3, 0.4) is 0 Å². The highest BCUT2D eigenvalue weighted by atomic mass is 16.5. The summed E-state index contributed by atoms with van der Waals surface area (Å²) in [6, 6.07) is 20.6. The molecular weight excluding hydrogens is 352 g/mol. The summed E-state index contributed by atoms with van der Waals surface area (Å²) in [5.74, 6) is 2.97. The first-order chi connectivity index (χ1) is 13.7. The second-order valence-electron chi connectivity index (χ2n) is 6.42. The standard InChI is InChI=1S/C24H26O4/c1-25-21-13-10-17(15-23(21)27-3)9-11-18-7-5-6-8-20(18)19-12-14-22(26-2)24(16-19)28-4/h5-8,10,12-16H,9,11H2,1-4H3. The zero-order valence-electron chi connectivity index (χ0n) is 16.8. The summed E-state index contributed by atoms with van der Waals surface area (Å²) in [7, 11) is 6.62. The van der Waals surface area contributed by atoms with Crippen molar-refractivity contribution in [1.82, 2.24) is 0 Å². The first-order valence-electron chi connectivity index (χ1n) is 9.21. The van der Waals surface area contributed by atoms with Crippen molar-refractivity contribution in [3.8, 4) is 34.1 Å². The van der Waals surface area contributed by atoms with Gasteiger partial charge in [0.2, 0.25) is 0 Å². The molecule has 0 aromatic heterocycles. The van der Waals surface area contributed by atoms with Gasteiger partial charge in [-0.2, -0.15) is 0 Å². The van der Waals surface area contributed by atoms with Gasteiger partial charge in [0, 0.05) is 0 Å². The van der Waals surface area contributed by atoms with Crippen LogP contribution in [0.2, 0.25) is 0 Å². The second-order valence-corrected chi connectivity index (χ2v) is 6.42. The van der Waals surface area contributed by atoms with Gasteiger partial charge in [-0.25, -0.2) is 0 Å². The van der Waals surface area contributed by atoms with E-state index in [1.54, 1.807) is 28.4 Å². The maximum absolute atomic E-state index is 5.46. The van der Waals surface area contributed by atoms with Crippen LogP contribution in [0.4, 0.5) is 0 Å². The quantitative estimate of drug-likeness (QED) is 0.542. The molecule has 28 heavy (non-hydrogen) atoms.